The summed E-state index contributed by atoms with van der Waals surface area (Å²) in [6.07, 6.45) is 4.27. The molecule has 1 fully saturated rings. The second kappa shape index (κ2) is 5.42. The highest BCUT2D eigenvalue weighted by Gasteiger charge is 2.24. The molecule has 0 amide bonds. The molecule has 114 valence electrons. The van der Waals surface area contributed by atoms with E-state index in [9.17, 15) is 5.11 Å². The Balaban J connectivity index is 0.00000156. The van der Waals surface area contributed by atoms with Gasteiger partial charge in [0.15, 0.2) is 5.82 Å². The third-order valence-electron chi connectivity index (χ3n) is 4.19. The number of anilines is 1. The average molecular weight is 296 g/mol. The van der Waals surface area contributed by atoms with Gasteiger partial charge >= 0.3 is 0 Å². The van der Waals surface area contributed by atoms with E-state index in [0.717, 1.165) is 41.7 Å². The van der Waals surface area contributed by atoms with Crippen LogP contribution in [0.5, 0.6) is 0 Å². The number of rotatable bonds is 3. The van der Waals surface area contributed by atoms with Crippen LogP contribution in [0.1, 0.15) is 20.7 Å². The van der Waals surface area contributed by atoms with Crippen molar-refractivity contribution in [3.63, 3.8) is 0 Å². The molecule has 2 heterocycles. The van der Waals surface area contributed by atoms with E-state index in [1.165, 1.54) is 0 Å². The number of aliphatic hydroxyl groups is 1. The third-order valence-corrected chi connectivity index (χ3v) is 4.19. The normalized spacial score (nSPS) is 21.3. The summed E-state index contributed by atoms with van der Waals surface area (Å²) in [5.74, 6) is 1.54. The minimum absolute atomic E-state index is 0. The van der Waals surface area contributed by atoms with Gasteiger partial charge in [-0.15, -0.1) is 0 Å². The fourth-order valence-corrected chi connectivity index (χ4v) is 3.05. The van der Waals surface area contributed by atoms with E-state index in [1.807, 2.05) is 42.6 Å². The molecule has 3 aromatic rings. The first-order chi connectivity index (χ1) is 10.8. The number of nitrogens with zero attached hydrogens (tertiary/aromatic N) is 2. The number of aromatic amines is 1. The van der Waals surface area contributed by atoms with E-state index < -0.39 is 0 Å². The predicted molar refractivity (Wildman–Crippen MR) is 88.7 cm³/mol. The second-order valence-electron chi connectivity index (χ2n) is 5.81. The molecular formula is C17H20N4O. The van der Waals surface area contributed by atoms with Crippen LogP contribution in [0.3, 0.4) is 0 Å². The van der Waals surface area contributed by atoms with Crippen molar-refractivity contribution < 1.29 is 6.53 Å². The second-order valence-corrected chi connectivity index (χ2v) is 5.81. The van der Waals surface area contributed by atoms with Crippen molar-refractivity contribution in [1.82, 2.24) is 15.0 Å². The standard InChI is InChI=1S/C17H18N4O.H2/c22-13-7-6-12(10-13)19-17-14-8-9-18-16(14)20-15(21-17)11-4-2-1-3-5-11;/h1-5,8-9,12-13,22H,6-7,10H2,(H2,18,19,20,21);1H. The molecule has 4 rings (SSSR count). The van der Waals surface area contributed by atoms with Crippen molar-refractivity contribution in [1.29, 1.82) is 0 Å². The molecular weight excluding hydrogens is 276 g/mol. The van der Waals surface area contributed by atoms with Crippen LogP contribution in [0.15, 0.2) is 42.6 Å². The van der Waals surface area contributed by atoms with Gasteiger partial charge in [-0.3, -0.25) is 0 Å². The molecule has 0 spiro atoms. The quantitative estimate of drug-likeness (QED) is 0.694. The lowest BCUT2D eigenvalue weighted by Crippen LogP contribution is -2.18. The van der Waals surface area contributed by atoms with Gasteiger partial charge in [-0.2, -0.15) is 0 Å². The summed E-state index contributed by atoms with van der Waals surface area (Å²) in [5.41, 5.74) is 1.82. The first-order valence-electron chi connectivity index (χ1n) is 7.65. The van der Waals surface area contributed by atoms with Crippen LogP contribution in [-0.2, 0) is 0 Å². The Morgan fingerprint density at radius 3 is 2.77 bits per heavy atom. The zero-order valence-corrected chi connectivity index (χ0v) is 12.2. The number of benzene rings is 1. The Bertz CT molecular complexity index is 790. The van der Waals surface area contributed by atoms with Gasteiger partial charge in [-0.25, -0.2) is 9.97 Å². The summed E-state index contributed by atoms with van der Waals surface area (Å²) in [4.78, 5) is 12.5. The van der Waals surface area contributed by atoms with E-state index >= 15 is 0 Å². The van der Waals surface area contributed by atoms with Crippen molar-refractivity contribution >= 4 is 16.9 Å². The van der Waals surface area contributed by atoms with Crippen molar-refractivity contribution in [3.8, 4) is 11.4 Å². The zero-order chi connectivity index (χ0) is 14.9. The summed E-state index contributed by atoms with van der Waals surface area (Å²) in [7, 11) is 0. The van der Waals surface area contributed by atoms with Crippen LogP contribution in [0.4, 0.5) is 5.82 Å². The highest BCUT2D eigenvalue weighted by Crippen LogP contribution is 2.28. The number of hydrogen-bond donors (Lipinski definition) is 3. The summed E-state index contributed by atoms with van der Waals surface area (Å²) in [6, 6.07) is 12.2. The lowest BCUT2D eigenvalue weighted by atomic mass is 10.2. The number of hydrogen-bond acceptors (Lipinski definition) is 4. The molecule has 3 N–H and O–H groups in total. The molecule has 2 atom stereocenters. The minimum Gasteiger partial charge on any atom is -0.393 e. The van der Waals surface area contributed by atoms with Crippen molar-refractivity contribution in [2.75, 3.05) is 5.32 Å². The maximum Gasteiger partial charge on any atom is 0.163 e. The fourth-order valence-electron chi connectivity index (χ4n) is 3.05. The Labute approximate surface area is 129 Å². The van der Waals surface area contributed by atoms with Crippen molar-refractivity contribution in [2.45, 2.75) is 31.4 Å². The molecule has 22 heavy (non-hydrogen) atoms. The number of aliphatic hydroxyl groups excluding tert-OH is 1. The molecule has 0 radical (unpaired) electrons. The van der Waals surface area contributed by atoms with E-state index in [4.69, 9.17) is 4.98 Å². The average Bonchev–Trinajstić information content (AvgIpc) is 3.17. The van der Waals surface area contributed by atoms with Gasteiger partial charge in [0.25, 0.3) is 0 Å². The third kappa shape index (κ3) is 2.44. The molecule has 1 aromatic carbocycles. The Morgan fingerprint density at radius 2 is 2.00 bits per heavy atom. The first-order valence-corrected chi connectivity index (χ1v) is 7.65. The van der Waals surface area contributed by atoms with Crippen molar-refractivity contribution in [2.24, 2.45) is 0 Å². The lowest BCUT2D eigenvalue weighted by Gasteiger charge is -2.14. The maximum absolute atomic E-state index is 9.70. The SMILES string of the molecule is OC1CCC(Nc2nc(-c3ccccc3)nc3[nH]ccc23)C1.[HH]. The summed E-state index contributed by atoms with van der Waals surface area (Å²) in [5, 5.41) is 14.2. The van der Waals surface area contributed by atoms with Gasteiger partial charge in [-0.05, 0) is 25.3 Å². The lowest BCUT2D eigenvalue weighted by molar-refractivity contribution is 0.182. The summed E-state index contributed by atoms with van der Waals surface area (Å²) >= 11 is 0. The molecule has 5 heteroatoms. The number of H-pyrrole nitrogens is 1. The van der Waals surface area contributed by atoms with Crippen LogP contribution in [-0.4, -0.2) is 32.2 Å². The predicted octanol–water partition coefficient (Wildman–Crippen LogP) is 3.20. The molecule has 2 unspecified atom stereocenters. The van der Waals surface area contributed by atoms with Crippen LogP contribution < -0.4 is 5.32 Å². The Kier molecular flexibility index (Phi) is 3.27. The first kappa shape index (κ1) is 13.3. The smallest absolute Gasteiger partial charge is 0.163 e. The van der Waals surface area contributed by atoms with Gasteiger partial charge in [0.2, 0.25) is 0 Å². The summed E-state index contributed by atoms with van der Waals surface area (Å²) < 4.78 is 0. The van der Waals surface area contributed by atoms with Crippen LogP contribution in [0.2, 0.25) is 0 Å². The van der Waals surface area contributed by atoms with Gasteiger partial charge in [0.1, 0.15) is 11.5 Å². The number of aromatic nitrogens is 3. The van der Waals surface area contributed by atoms with Gasteiger partial charge in [0.05, 0.1) is 11.5 Å². The zero-order valence-electron chi connectivity index (χ0n) is 12.2. The number of fused-ring (bicyclic) bond motifs is 1. The van der Waals surface area contributed by atoms with Crippen LogP contribution in [0, 0.1) is 0 Å². The highest BCUT2D eigenvalue weighted by atomic mass is 16.3. The molecule has 1 aliphatic rings. The maximum atomic E-state index is 9.70. The molecule has 1 aliphatic carbocycles. The topological polar surface area (TPSA) is 73.8 Å². The van der Waals surface area contributed by atoms with Crippen LogP contribution in [0.25, 0.3) is 22.4 Å². The molecule has 2 aromatic heterocycles. The largest absolute Gasteiger partial charge is 0.393 e. The summed E-state index contributed by atoms with van der Waals surface area (Å²) in [6.45, 7) is 0. The molecule has 0 aliphatic heterocycles. The van der Waals surface area contributed by atoms with E-state index in [1.54, 1.807) is 0 Å². The molecule has 0 saturated heterocycles. The number of nitrogens with one attached hydrogen (secondary N) is 2. The van der Waals surface area contributed by atoms with E-state index in [2.05, 4.69) is 15.3 Å². The monoisotopic (exact) mass is 296 g/mol. The van der Waals surface area contributed by atoms with Crippen molar-refractivity contribution in [3.05, 3.63) is 42.6 Å². The molecule has 0 bridgehead atoms. The Hall–Kier alpha value is -2.40. The van der Waals surface area contributed by atoms with Crippen LogP contribution >= 0.6 is 0 Å². The van der Waals surface area contributed by atoms with Gasteiger partial charge in [0, 0.05) is 19.2 Å². The van der Waals surface area contributed by atoms with E-state index in [0.29, 0.717) is 5.82 Å². The van der Waals surface area contributed by atoms with E-state index in [-0.39, 0.29) is 13.6 Å². The fraction of sp³-hybridized carbons (Fsp3) is 0.294. The molecule has 5 nitrogen and oxygen atoms in total. The molecule has 1 saturated carbocycles. The van der Waals surface area contributed by atoms with Gasteiger partial charge in [-0.1, -0.05) is 30.3 Å². The van der Waals surface area contributed by atoms with Gasteiger partial charge < -0.3 is 15.4 Å². The minimum atomic E-state index is -0.199. The highest BCUT2D eigenvalue weighted by molar-refractivity contribution is 5.88. The Morgan fingerprint density at radius 1 is 1.14 bits per heavy atom.